The minimum absolute atomic E-state index is 0.0147. The van der Waals surface area contributed by atoms with Gasteiger partial charge in [-0.05, 0) is 25.1 Å². The van der Waals surface area contributed by atoms with Gasteiger partial charge >= 0.3 is 0 Å². The van der Waals surface area contributed by atoms with Crippen LogP contribution >= 0.6 is 0 Å². The average molecular weight is 207 g/mol. The molecule has 1 aromatic heterocycles. The van der Waals surface area contributed by atoms with E-state index in [1.165, 1.54) is 0 Å². The lowest BCUT2D eigenvalue weighted by Crippen LogP contribution is -2.32. The first-order valence-electron chi connectivity index (χ1n) is 4.98. The lowest BCUT2D eigenvalue weighted by atomic mass is 9.88. The van der Waals surface area contributed by atoms with E-state index in [4.69, 9.17) is 5.73 Å². The molecule has 0 bridgehead atoms. The highest BCUT2D eigenvalue weighted by molar-refractivity contribution is 5.94. The van der Waals surface area contributed by atoms with Crippen molar-refractivity contribution in [3.63, 3.8) is 0 Å². The van der Waals surface area contributed by atoms with Crippen LogP contribution in [0.25, 0.3) is 0 Å². The van der Waals surface area contributed by atoms with E-state index in [9.17, 15) is 4.79 Å². The number of hydrogen-bond donors (Lipinski definition) is 2. The molecule has 15 heavy (non-hydrogen) atoms. The second kappa shape index (κ2) is 4.89. The fourth-order valence-electron chi connectivity index (χ4n) is 1.21. The lowest BCUT2D eigenvalue weighted by Gasteiger charge is -2.22. The van der Waals surface area contributed by atoms with Crippen LogP contribution in [0.1, 0.15) is 20.3 Å². The third kappa shape index (κ3) is 3.32. The van der Waals surface area contributed by atoms with E-state index in [2.05, 4.69) is 10.3 Å². The van der Waals surface area contributed by atoms with Gasteiger partial charge < -0.3 is 11.1 Å². The molecule has 1 amide bonds. The van der Waals surface area contributed by atoms with Crippen molar-refractivity contribution in [2.24, 2.45) is 11.1 Å². The fourth-order valence-corrected chi connectivity index (χ4v) is 1.21. The van der Waals surface area contributed by atoms with Gasteiger partial charge in [0.2, 0.25) is 5.91 Å². The van der Waals surface area contributed by atoms with Gasteiger partial charge in [0.1, 0.15) is 0 Å². The van der Waals surface area contributed by atoms with E-state index in [0.29, 0.717) is 13.0 Å². The standard InChI is InChI=1S/C11H17N3O/c1-11(2,5-6-12)10(15)14-9-3-7-13-8-4-9/h3-4,7-8H,5-6,12H2,1-2H3,(H,13,14,15). The second-order valence-corrected chi connectivity index (χ2v) is 4.11. The largest absolute Gasteiger partial charge is 0.330 e. The van der Waals surface area contributed by atoms with Gasteiger partial charge in [0.05, 0.1) is 0 Å². The van der Waals surface area contributed by atoms with Crippen molar-refractivity contribution in [2.75, 3.05) is 11.9 Å². The molecule has 0 aliphatic heterocycles. The first-order chi connectivity index (χ1) is 7.06. The van der Waals surface area contributed by atoms with Gasteiger partial charge in [0.25, 0.3) is 0 Å². The molecule has 0 fully saturated rings. The molecule has 0 saturated carbocycles. The summed E-state index contributed by atoms with van der Waals surface area (Å²) in [7, 11) is 0. The van der Waals surface area contributed by atoms with Gasteiger partial charge in [0.15, 0.2) is 0 Å². The van der Waals surface area contributed by atoms with Gasteiger partial charge in [-0.15, -0.1) is 0 Å². The number of aromatic nitrogens is 1. The van der Waals surface area contributed by atoms with Crippen molar-refractivity contribution in [2.45, 2.75) is 20.3 Å². The smallest absolute Gasteiger partial charge is 0.230 e. The normalized spacial score (nSPS) is 11.1. The summed E-state index contributed by atoms with van der Waals surface area (Å²) in [4.78, 5) is 15.7. The van der Waals surface area contributed by atoms with Crippen molar-refractivity contribution >= 4 is 11.6 Å². The summed E-state index contributed by atoms with van der Waals surface area (Å²) in [5.41, 5.74) is 5.79. The molecular formula is C11H17N3O. The molecule has 0 spiro atoms. The number of carbonyl (C=O) groups is 1. The first kappa shape index (κ1) is 11.7. The van der Waals surface area contributed by atoms with Crippen LogP contribution < -0.4 is 11.1 Å². The molecule has 0 radical (unpaired) electrons. The summed E-state index contributed by atoms with van der Waals surface area (Å²) in [6.07, 6.45) is 3.96. The summed E-state index contributed by atoms with van der Waals surface area (Å²) >= 11 is 0. The van der Waals surface area contributed by atoms with Gasteiger partial charge in [-0.1, -0.05) is 13.8 Å². The third-order valence-corrected chi connectivity index (χ3v) is 2.32. The number of nitrogens with one attached hydrogen (secondary N) is 1. The Morgan fingerprint density at radius 2 is 2.07 bits per heavy atom. The number of anilines is 1. The zero-order chi connectivity index (χ0) is 11.3. The summed E-state index contributed by atoms with van der Waals surface area (Å²) in [6.45, 7) is 4.28. The van der Waals surface area contributed by atoms with Crippen molar-refractivity contribution in [3.05, 3.63) is 24.5 Å². The average Bonchev–Trinajstić information content (AvgIpc) is 2.19. The van der Waals surface area contributed by atoms with Crippen LogP contribution in [0.15, 0.2) is 24.5 Å². The van der Waals surface area contributed by atoms with Crippen LogP contribution in [-0.2, 0) is 4.79 Å². The maximum Gasteiger partial charge on any atom is 0.230 e. The maximum absolute atomic E-state index is 11.8. The van der Waals surface area contributed by atoms with Crippen LogP contribution in [-0.4, -0.2) is 17.4 Å². The highest BCUT2D eigenvalue weighted by Gasteiger charge is 2.26. The number of amides is 1. The minimum Gasteiger partial charge on any atom is -0.330 e. The molecular weight excluding hydrogens is 190 g/mol. The Bertz CT molecular complexity index is 322. The monoisotopic (exact) mass is 207 g/mol. The zero-order valence-electron chi connectivity index (χ0n) is 9.16. The number of rotatable bonds is 4. The third-order valence-electron chi connectivity index (χ3n) is 2.32. The molecule has 82 valence electrons. The van der Waals surface area contributed by atoms with Crippen LogP contribution in [0.4, 0.5) is 5.69 Å². The van der Waals surface area contributed by atoms with Crippen LogP contribution in [0.2, 0.25) is 0 Å². The number of carbonyl (C=O) groups excluding carboxylic acids is 1. The van der Waals surface area contributed by atoms with Gasteiger partial charge in [-0.25, -0.2) is 0 Å². The van der Waals surface area contributed by atoms with Gasteiger partial charge in [-0.2, -0.15) is 0 Å². The summed E-state index contributed by atoms with van der Waals surface area (Å²) < 4.78 is 0. The van der Waals surface area contributed by atoms with E-state index in [0.717, 1.165) is 5.69 Å². The van der Waals surface area contributed by atoms with E-state index >= 15 is 0 Å². The number of nitrogens with two attached hydrogens (primary N) is 1. The molecule has 3 N–H and O–H groups in total. The Morgan fingerprint density at radius 1 is 1.47 bits per heavy atom. The molecule has 0 aliphatic carbocycles. The second-order valence-electron chi connectivity index (χ2n) is 4.11. The topological polar surface area (TPSA) is 68.0 Å². The Balaban J connectivity index is 2.63. The molecule has 0 aliphatic rings. The first-order valence-corrected chi connectivity index (χ1v) is 4.98. The highest BCUT2D eigenvalue weighted by atomic mass is 16.2. The SMILES string of the molecule is CC(C)(CCN)C(=O)Nc1ccncc1. The van der Waals surface area contributed by atoms with Crippen LogP contribution in [0.3, 0.4) is 0 Å². The molecule has 4 heteroatoms. The molecule has 1 rings (SSSR count). The molecule has 0 atom stereocenters. The number of pyridine rings is 1. The van der Waals surface area contributed by atoms with Gasteiger partial charge in [-0.3, -0.25) is 9.78 Å². The van der Waals surface area contributed by atoms with E-state index in [1.54, 1.807) is 24.5 Å². The number of hydrogen-bond acceptors (Lipinski definition) is 3. The Hall–Kier alpha value is -1.42. The lowest BCUT2D eigenvalue weighted by molar-refractivity contribution is -0.124. The predicted molar refractivity (Wildman–Crippen MR) is 60.3 cm³/mol. The van der Waals surface area contributed by atoms with Crippen LogP contribution in [0.5, 0.6) is 0 Å². The Kier molecular flexibility index (Phi) is 3.80. The van der Waals surface area contributed by atoms with E-state index in [-0.39, 0.29) is 5.91 Å². The molecule has 0 unspecified atom stereocenters. The number of nitrogens with zero attached hydrogens (tertiary/aromatic N) is 1. The Labute approximate surface area is 89.9 Å². The quantitative estimate of drug-likeness (QED) is 0.784. The van der Waals surface area contributed by atoms with Gasteiger partial charge in [0, 0.05) is 23.5 Å². The van der Waals surface area contributed by atoms with Crippen LogP contribution in [0, 0.1) is 5.41 Å². The van der Waals surface area contributed by atoms with Crippen molar-refractivity contribution in [3.8, 4) is 0 Å². The maximum atomic E-state index is 11.8. The van der Waals surface area contributed by atoms with E-state index in [1.807, 2.05) is 13.8 Å². The predicted octanol–water partition coefficient (Wildman–Crippen LogP) is 1.40. The van der Waals surface area contributed by atoms with Crippen molar-refractivity contribution in [1.82, 2.24) is 4.98 Å². The Morgan fingerprint density at radius 3 is 2.60 bits per heavy atom. The summed E-state index contributed by atoms with van der Waals surface area (Å²) in [5.74, 6) is -0.0147. The molecule has 0 aromatic carbocycles. The minimum atomic E-state index is -0.433. The molecule has 1 heterocycles. The molecule has 0 saturated heterocycles. The molecule has 4 nitrogen and oxygen atoms in total. The van der Waals surface area contributed by atoms with E-state index < -0.39 is 5.41 Å². The zero-order valence-corrected chi connectivity index (χ0v) is 9.16. The highest BCUT2D eigenvalue weighted by Crippen LogP contribution is 2.21. The van der Waals surface area contributed by atoms with Crippen molar-refractivity contribution < 1.29 is 4.79 Å². The fraction of sp³-hybridized carbons (Fsp3) is 0.455. The molecule has 1 aromatic rings. The summed E-state index contributed by atoms with van der Waals surface area (Å²) in [6, 6.07) is 3.52. The summed E-state index contributed by atoms with van der Waals surface area (Å²) in [5, 5.41) is 2.83. The van der Waals surface area contributed by atoms with Crippen molar-refractivity contribution in [1.29, 1.82) is 0 Å².